The zero-order valence-electron chi connectivity index (χ0n) is 16.1. The first kappa shape index (κ1) is 18.4. The average molecular weight is 399 g/mol. The Bertz CT molecular complexity index is 1080. The number of nitrogens with zero attached hydrogens (tertiary/aromatic N) is 5. The molecule has 6 nitrogen and oxygen atoms in total. The molecule has 8 heteroatoms. The zero-order valence-corrected chi connectivity index (χ0v) is 16.1. The number of aromatic nitrogens is 4. The Balaban J connectivity index is 1.53. The largest absolute Gasteiger partial charge is 0.289 e. The van der Waals surface area contributed by atoms with Crippen molar-refractivity contribution in [2.24, 2.45) is 0 Å². The van der Waals surface area contributed by atoms with Crippen LogP contribution < -0.4 is 5.56 Å². The van der Waals surface area contributed by atoms with E-state index >= 15 is 0 Å². The molecular formula is C21H23F2N5O. The lowest BCUT2D eigenvalue weighted by Gasteiger charge is -2.26. The smallest absolute Gasteiger partial charge is 0.261 e. The topological polar surface area (TPSA) is 56.0 Å². The van der Waals surface area contributed by atoms with Gasteiger partial charge in [0.15, 0.2) is 0 Å². The van der Waals surface area contributed by atoms with Gasteiger partial charge in [0.1, 0.15) is 5.82 Å². The van der Waals surface area contributed by atoms with Crippen molar-refractivity contribution < 1.29 is 8.78 Å². The van der Waals surface area contributed by atoms with Crippen LogP contribution in [0, 0.1) is 0 Å². The maximum atomic E-state index is 13.3. The fourth-order valence-corrected chi connectivity index (χ4v) is 4.67. The number of likely N-dealkylation sites (tertiary alicyclic amines) is 1. The van der Waals surface area contributed by atoms with Crippen molar-refractivity contribution in [1.82, 2.24) is 24.2 Å². The van der Waals surface area contributed by atoms with Crippen molar-refractivity contribution in [3.63, 3.8) is 0 Å². The van der Waals surface area contributed by atoms with E-state index < -0.39 is 18.5 Å². The van der Waals surface area contributed by atoms with Gasteiger partial charge in [0.25, 0.3) is 12.0 Å². The zero-order chi connectivity index (χ0) is 20.0. The van der Waals surface area contributed by atoms with Gasteiger partial charge in [-0.25, -0.2) is 13.8 Å². The van der Waals surface area contributed by atoms with Crippen LogP contribution >= 0.6 is 0 Å². The summed E-state index contributed by atoms with van der Waals surface area (Å²) in [5.74, 6) is 0.443. The van der Waals surface area contributed by atoms with E-state index in [1.165, 1.54) is 10.3 Å². The molecule has 4 heterocycles. The Morgan fingerprint density at radius 3 is 2.86 bits per heavy atom. The third-order valence-corrected chi connectivity index (χ3v) is 5.96. The minimum atomic E-state index is -2.61. The number of hydrogen-bond acceptors (Lipinski definition) is 4. The summed E-state index contributed by atoms with van der Waals surface area (Å²) >= 11 is 0. The van der Waals surface area contributed by atoms with Gasteiger partial charge in [0.2, 0.25) is 0 Å². The van der Waals surface area contributed by atoms with Crippen molar-refractivity contribution in [1.29, 1.82) is 0 Å². The molecule has 0 aliphatic carbocycles. The molecule has 1 saturated heterocycles. The number of halogens is 2. The van der Waals surface area contributed by atoms with Gasteiger partial charge in [-0.3, -0.25) is 18.9 Å². The fourth-order valence-electron chi connectivity index (χ4n) is 4.67. The van der Waals surface area contributed by atoms with E-state index in [0.717, 1.165) is 44.5 Å². The molecule has 2 aliphatic heterocycles. The van der Waals surface area contributed by atoms with Crippen molar-refractivity contribution >= 4 is 10.9 Å². The molecular weight excluding hydrogens is 376 g/mol. The third kappa shape index (κ3) is 3.35. The first-order valence-electron chi connectivity index (χ1n) is 10.2. The summed E-state index contributed by atoms with van der Waals surface area (Å²) in [6.45, 7) is 1.81. The molecule has 2 aliphatic rings. The molecule has 0 spiro atoms. The number of alkyl halides is 2. The summed E-state index contributed by atoms with van der Waals surface area (Å²) in [6, 6.07) is 8.94. The normalized spacial score (nSPS) is 19.5. The van der Waals surface area contributed by atoms with Crippen LogP contribution in [0.4, 0.5) is 8.78 Å². The monoisotopic (exact) mass is 399 g/mol. The van der Waals surface area contributed by atoms with Gasteiger partial charge in [-0.1, -0.05) is 12.1 Å². The van der Waals surface area contributed by atoms with Crippen molar-refractivity contribution in [3.8, 4) is 0 Å². The first-order valence-corrected chi connectivity index (χ1v) is 10.2. The highest BCUT2D eigenvalue weighted by Gasteiger charge is 2.32. The molecule has 2 aromatic heterocycles. The predicted octanol–water partition coefficient (Wildman–Crippen LogP) is 3.14. The van der Waals surface area contributed by atoms with Gasteiger partial charge in [-0.15, -0.1) is 0 Å². The quantitative estimate of drug-likeness (QED) is 0.662. The van der Waals surface area contributed by atoms with Crippen LogP contribution in [-0.2, 0) is 26.1 Å². The standard InChI is InChI=1S/C21H23F2N5O/c22-19(23)13-27-20(24-17-7-2-1-6-16(17)21(27)29)18-8-4-9-26(18)12-14-11-15-5-3-10-28(15)25-14/h1-2,6-7,11,18-19H,3-5,8-10,12-13H2. The van der Waals surface area contributed by atoms with E-state index in [2.05, 4.69) is 25.7 Å². The minimum absolute atomic E-state index is 0.164. The van der Waals surface area contributed by atoms with Crippen LogP contribution in [0.3, 0.4) is 0 Å². The fraction of sp³-hybridized carbons (Fsp3) is 0.476. The molecule has 1 fully saturated rings. The number of rotatable bonds is 5. The molecule has 1 aromatic carbocycles. The van der Waals surface area contributed by atoms with Crippen LogP contribution in [0.25, 0.3) is 10.9 Å². The molecule has 0 amide bonds. The second-order valence-electron chi connectivity index (χ2n) is 7.88. The highest BCUT2D eigenvalue weighted by atomic mass is 19.3. The molecule has 152 valence electrons. The average Bonchev–Trinajstić information content (AvgIpc) is 3.40. The number of fused-ring (bicyclic) bond motifs is 2. The molecule has 0 radical (unpaired) electrons. The Kier molecular flexibility index (Phi) is 4.66. The number of hydrogen-bond donors (Lipinski definition) is 0. The molecule has 0 bridgehead atoms. The van der Waals surface area contributed by atoms with Gasteiger partial charge >= 0.3 is 0 Å². The Hall–Kier alpha value is -2.61. The molecule has 0 N–H and O–H groups in total. The molecule has 29 heavy (non-hydrogen) atoms. The van der Waals surface area contributed by atoms with Crippen LogP contribution in [-0.4, -0.2) is 37.2 Å². The van der Waals surface area contributed by atoms with E-state index in [4.69, 9.17) is 0 Å². The summed E-state index contributed by atoms with van der Waals surface area (Å²) in [5, 5.41) is 5.07. The van der Waals surface area contributed by atoms with Gasteiger partial charge in [0, 0.05) is 18.8 Å². The minimum Gasteiger partial charge on any atom is -0.289 e. The van der Waals surface area contributed by atoms with E-state index in [9.17, 15) is 13.6 Å². The number of benzene rings is 1. The van der Waals surface area contributed by atoms with Gasteiger partial charge in [-0.2, -0.15) is 5.10 Å². The third-order valence-electron chi connectivity index (χ3n) is 5.96. The molecule has 3 aromatic rings. The van der Waals surface area contributed by atoms with Crippen molar-refractivity contribution in [2.75, 3.05) is 6.54 Å². The Morgan fingerprint density at radius 2 is 2.03 bits per heavy atom. The van der Waals surface area contributed by atoms with Crippen LogP contribution in [0.5, 0.6) is 0 Å². The lowest BCUT2D eigenvalue weighted by molar-refractivity contribution is 0.120. The first-order chi connectivity index (χ1) is 14.1. The lowest BCUT2D eigenvalue weighted by Crippen LogP contribution is -2.33. The summed E-state index contributed by atoms with van der Waals surface area (Å²) in [5.41, 5.74) is 2.42. The Morgan fingerprint density at radius 1 is 1.17 bits per heavy atom. The summed E-state index contributed by atoms with van der Waals surface area (Å²) < 4.78 is 29.8. The SMILES string of the molecule is O=c1c2ccccc2nc(C2CCCN2Cc2cc3n(n2)CCC3)n1CC(F)F. The van der Waals surface area contributed by atoms with Gasteiger partial charge in [-0.05, 0) is 50.4 Å². The van der Waals surface area contributed by atoms with Crippen molar-refractivity contribution in [3.05, 3.63) is 57.9 Å². The second kappa shape index (κ2) is 7.33. The van der Waals surface area contributed by atoms with Gasteiger partial charge in [0.05, 0.1) is 29.2 Å². The maximum absolute atomic E-state index is 13.3. The highest BCUT2D eigenvalue weighted by molar-refractivity contribution is 5.77. The maximum Gasteiger partial charge on any atom is 0.261 e. The van der Waals surface area contributed by atoms with Crippen molar-refractivity contribution in [2.45, 2.75) is 57.8 Å². The second-order valence-corrected chi connectivity index (χ2v) is 7.88. The molecule has 1 atom stereocenters. The van der Waals surface area contributed by atoms with E-state index in [-0.39, 0.29) is 6.04 Å². The number of para-hydroxylation sites is 1. The van der Waals surface area contributed by atoms with Crippen LogP contribution in [0.2, 0.25) is 0 Å². The summed E-state index contributed by atoms with van der Waals surface area (Å²) in [4.78, 5) is 19.9. The van der Waals surface area contributed by atoms with E-state index in [1.54, 1.807) is 18.2 Å². The summed E-state index contributed by atoms with van der Waals surface area (Å²) in [6.07, 6.45) is 1.31. The van der Waals surface area contributed by atoms with Crippen LogP contribution in [0.1, 0.15) is 42.5 Å². The lowest BCUT2D eigenvalue weighted by atomic mass is 10.1. The molecule has 5 rings (SSSR count). The molecule has 1 unspecified atom stereocenters. The number of aryl methyl sites for hydroxylation is 2. The van der Waals surface area contributed by atoms with E-state index in [1.807, 2.05) is 6.07 Å². The van der Waals surface area contributed by atoms with Crippen LogP contribution in [0.15, 0.2) is 35.1 Å². The summed E-state index contributed by atoms with van der Waals surface area (Å²) in [7, 11) is 0. The molecule has 0 saturated carbocycles. The van der Waals surface area contributed by atoms with E-state index in [0.29, 0.717) is 23.3 Å². The predicted molar refractivity (Wildman–Crippen MR) is 105 cm³/mol. The van der Waals surface area contributed by atoms with Gasteiger partial charge < -0.3 is 0 Å². The highest BCUT2D eigenvalue weighted by Crippen LogP contribution is 2.33. The Labute approximate surface area is 166 Å².